The van der Waals surface area contributed by atoms with E-state index in [-0.39, 0.29) is 12.2 Å². The van der Waals surface area contributed by atoms with Crippen LogP contribution < -0.4 is 11.2 Å². The predicted octanol–water partition coefficient (Wildman–Crippen LogP) is 1.14. The second-order valence-corrected chi connectivity index (χ2v) is 5.69. The monoisotopic (exact) mass is 280 g/mol. The minimum atomic E-state index is -0.452. The van der Waals surface area contributed by atoms with Gasteiger partial charge in [-0.3, -0.25) is 14.3 Å². The molecule has 0 aromatic carbocycles. The Kier molecular flexibility index (Phi) is 3.80. The molecule has 2 aromatic rings. The minimum Gasteiger partial charge on any atom is -0.368 e. The van der Waals surface area contributed by atoms with Gasteiger partial charge in [0.15, 0.2) is 5.65 Å². The van der Waals surface area contributed by atoms with Crippen molar-refractivity contribution in [1.82, 2.24) is 19.5 Å². The highest BCUT2D eigenvalue weighted by Crippen LogP contribution is 2.12. The van der Waals surface area contributed by atoms with Crippen LogP contribution in [0.1, 0.15) is 39.9 Å². The largest absolute Gasteiger partial charge is 0.368 e. The van der Waals surface area contributed by atoms with E-state index in [0.29, 0.717) is 23.5 Å². The zero-order chi connectivity index (χ0) is 14.9. The van der Waals surface area contributed by atoms with Crippen molar-refractivity contribution < 1.29 is 4.74 Å². The lowest BCUT2D eigenvalue weighted by atomic mass is 10.2. The number of aryl methyl sites for hydroxylation is 1. The number of rotatable bonds is 4. The summed E-state index contributed by atoms with van der Waals surface area (Å²) >= 11 is 0. The van der Waals surface area contributed by atoms with Gasteiger partial charge in [0.25, 0.3) is 5.56 Å². The highest BCUT2D eigenvalue weighted by Gasteiger charge is 2.15. The lowest BCUT2D eigenvalue weighted by Crippen LogP contribution is -2.30. The molecule has 0 spiro atoms. The number of hydrogen-bond acceptors (Lipinski definition) is 4. The standard InChI is InChI=1S/C13H20N4O3/c1-5-6-17-10-9(11(18)16-12(17)19)14-8(15-10)7-20-13(2,3)4/h5-7H2,1-4H3,(H,14,15)(H,16,18,19). The molecule has 0 atom stereocenters. The van der Waals surface area contributed by atoms with E-state index in [2.05, 4.69) is 15.0 Å². The van der Waals surface area contributed by atoms with Crippen molar-refractivity contribution in [1.29, 1.82) is 0 Å². The van der Waals surface area contributed by atoms with E-state index in [1.165, 1.54) is 4.57 Å². The van der Waals surface area contributed by atoms with Gasteiger partial charge in [-0.25, -0.2) is 9.78 Å². The van der Waals surface area contributed by atoms with Gasteiger partial charge in [-0.1, -0.05) is 6.92 Å². The lowest BCUT2D eigenvalue weighted by Gasteiger charge is -2.18. The SMILES string of the molecule is CCCn1c(=O)[nH]c(=O)c2[nH]c(COC(C)(C)C)nc21. The third-order valence-electron chi connectivity index (χ3n) is 2.77. The Morgan fingerprint density at radius 1 is 1.25 bits per heavy atom. The lowest BCUT2D eigenvalue weighted by molar-refractivity contribution is -0.0177. The fourth-order valence-electron chi connectivity index (χ4n) is 1.87. The number of imidazole rings is 1. The van der Waals surface area contributed by atoms with E-state index < -0.39 is 11.2 Å². The maximum Gasteiger partial charge on any atom is 0.330 e. The number of hydrogen-bond donors (Lipinski definition) is 2. The summed E-state index contributed by atoms with van der Waals surface area (Å²) in [4.78, 5) is 33.1. The zero-order valence-electron chi connectivity index (χ0n) is 12.2. The molecule has 20 heavy (non-hydrogen) atoms. The summed E-state index contributed by atoms with van der Waals surface area (Å²) in [7, 11) is 0. The molecule has 0 radical (unpaired) electrons. The molecular formula is C13H20N4O3. The van der Waals surface area contributed by atoms with Crippen molar-refractivity contribution >= 4 is 11.2 Å². The number of aromatic amines is 2. The van der Waals surface area contributed by atoms with E-state index in [1.807, 2.05) is 27.7 Å². The molecule has 0 aliphatic heterocycles. The fourth-order valence-corrected chi connectivity index (χ4v) is 1.87. The normalized spacial score (nSPS) is 12.2. The molecule has 0 bridgehead atoms. The molecule has 2 heterocycles. The Hall–Kier alpha value is -1.89. The van der Waals surface area contributed by atoms with E-state index in [9.17, 15) is 9.59 Å². The van der Waals surface area contributed by atoms with Gasteiger partial charge in [-0.2, -0.15) is 0 Å². The Morgan fingerprint density at radius 2 is 1.95 bits per heavy atom. The van der Waals surface area contributed by atoms with Crippen molar-refractivity contribution in [2.75, 3.05) is 0 Å². The van der Waals surface area contributed by atoms with Gasteiger partial charge in [0.2, 0.25) is 0 Å². The summed E-state index contributed by atoms with van der Waals surface area (Å²) in [6.07, 6.45) is 0.779. The summed E-state index contributed by atoms with van der Waals surface area (Å²) in [5.74, 6) is 0.538. The maximum absolute atomic E-state index is 11.8. The molecule has 110 valence electrons. The molecule has 0 aliphatic rings. The maximum atomic E-state index is 11.8. The van der Waals surface area contributed by atoms with Gasteiger partial charge in [0.1, 0.15) is 17.9 Å². The molecule has 2 N–H and O–H groups in total. The van der Waals surface area contributed by atoms with E-state index in [0.717, 1.165) is 6.42 Å². The minimum absolute atomic E-state index is 0.262. The summed E-state index contributed by atoms with van der Waals surface area (Å²) in [5.41, 5.74) is -0.487. The van der Waals surface area contributed by atoms with Gasteiger partial charge in [-0.05, 0) is 27.2 Å². The van der Waals surface area contributed by atoms with E-state index in [1.54, 1.807) is 0 Å². The second kappa shape index (κ2) is 5.24. The van der Waals surface area contributed by atoms with Crippen LogP contribution in [0.2, 0.25) is 0 Å². The van der Waals surface area contributed by atoms with E-state index >= 15 is 0 Å². The van der Waals surface area contributed by atoms with Crippen molar-refractivity contribution in [3.63, 3.8) is 0 Å². The summed E-state index contributed by atoms with van der Waals surface area (Å²) in [6.45, 7) is 8.55. The molecule has 7 nitrogen and oxygen atoms in total. The molecule has 0 saturated carbocycles. The smallest absolute Gasteiger partial charge is 0.330 e. The molecule has 7 heteroatoms. The Morgan fingerprint density at radius 3 is 2.55 bits per heavy atom. The summed E-state index contributed by atoms with van der Waals surface area (Å²) in [6, 6.07) is 0. The first-order valence-electron chi connectivity index (χ1n) is 6.67. The number of ether oxygens (including phenoxy) is 1. The number of H-pyrrole nitrogens is 2. The predicted molar refractivity (Wildman–Crippen MR) is 75.8 cm³/mol. The fraction of sp³-hybridized carbons (Fsp3) is 0.615. The molecule has 2 aromatic heterocycles. The average Bonchev–Trinajstić information content (AvgIpc) is 2.75. The third kappa shape index (κ3) is 2.98. The van der Waals surface area contributed by atoms with Crippen LogP contribution in [-0.2, 0) is 17.9 Å². The quantitative estimate of drug-likeness (QED) is 0.878. The van der Waals surface area contributed by atoms with Crippen LogP contribution in [0.25, 0.3) is 11.2 Å². The van der Waals surface area contributed by atoms with Crippen LogP contribution >= 0.6 is 0 Å². The van der Waals surface area contributed by atoms with Gasteiger partial charge in [-0.15, -0.1) is 0 Å². The zero-order valence-corrected chi connectivity index (χ0v) is 12.2. The first-order chi connectivity index (χ1) is 9.31. The van der Waals surface area contributed by atoms with Gasteiger partial charge < -0.3 is 9.72 Å². The van der Waals surface area contributed by atoms with Gasteiger partial charge >= 0.3 is 5.69 Å². The first kappa shape index (κ1) is 14.5. The van der Waals surface area contributed by atoms with Crippen molar-refractivity contribution in [2.45, 2.75) is 52.9 Å². The molecule has 0 saturated heterocycles. The van der Waals surface area contributed by atoms with Crippen LogP contribution in [0.4, 0.5) is 0 Å². The Bertz CT molecular complexity index is 718. The summed E-state index contributed by atoms with van der Waals surface area (Å²) in [5, 5.41) is 0. The molecule has 0 unspecified atom stereocenters. The highest BCUT2D eigenvalue weighted by molar-refractivity contribution is 5.69. The topological polar surface area (TPSA) is 92.8 Å². The van der Waals surface area contributed by atoms with Gasteiger partial charge in [0.05, 0.1) is 5.60 Å². The van der Waals surface area contributed by atoms with Crippen LogP contribution in [0, 0.1) is 0 Å². The molecule has 0 fully saturated rings. The van der Waals surface area contributed by atoms with Crippen LogP contribution in [0.3, 0.4) is 0 Å². The van der Waals surface area contributed by atoms with Crippen molar-refractivity contribution in [3.05, 3.63) is 26.7 Å². The molecule has 0 amide bonds. The Labute approximate surface area is 116 Å². The highest BCUT2D eigenvalue weighted by atomic mass is 16.5. The number of fused-ring (bicyclic) bond motifs is 1. The average molecular weight is 280 g/mol. The number of aromatic nitrogens is 4. The van der Waals surface area contributed by atoms with Crippen LogP contribution in [-0.4, -0.2) is 25.1 Å². The number of nitrogens with zero attached hydrogens (tertiary/aromatic N) is 2. The number of nitrogens with one attached hydrogen (secondary N) is 2. The second-order valence-electron chi connectivity index (χ2n) is 5.69. The summed E-state index contributed by atoms with van der Waals surface area (Å²) < 4.78 is 7.09. The molecular weight excluding hydrogens is 260 g/mol. The van der Waals surface area contributed by atoms with Crippen molar-refractivity contribution in [3.8, 4) is 0 Å². The first-order valence-corrected chi connectivity index (χ1v) is 6.67. The van der Waals surface area contributed by atoms with E-state index in [4.69, 9.17) is 4.74 Å². The Balaban J connectivity index is 2.47. The molecule has 0 aliphatic carbocycles. The van der Waals surface area contributed by atoms with Crippen molar-refractivity contribution in [2.24, 2.45) is 0 Å². The third-order valence-corrected chi connectivity index (χ3v) is 2.77. The van der Waals surface area contributed by atoms with Crippen LogP contribution in [0.5, 0.6) is 0 Å². The van der Waals surface area contributed by atoms with Gasteiger partial charge in [0, 0.05) is 6.54 Å². The molecule has 2 rings (SSSR count). The van der Waals surface area contributed by atoms with Crippen LogP contribution in [0.15, 0.2) is 9.59 Å².